The summed E-state index contributed by atoms with van der Waals surface area (Å²) in [5.74, 6) is -53.4. The molecule has 0 unspecified atom stereocenters. The van der Waals surface area contributed by atoms with E-state index < -0.39 is 206 Å². The predicted octanol–water partition coefficient (Wildman–Crippen LogP) is 13.2. The molecule has 7 aromatic rings. The van der Waals surface area contributed by atoms with Gasteiger partial charge in [-0.3, -0.25) is 4.79 Å². The van der Waals surface area contributed by atoms with Crippen LogP contribution in [-0.2, 0) is 4.79 Å². The van der Waals surface area contributed by atoms with Gasteiger partial charge in [0, 0.05) is 0 Å². The largest absolute Gasteiger partial charge is 3.00 e. The number of hydrogen-bond donors (Lipinski definition) is 0. The maximum Gasteiger partial charge on any atom is 3.00 e. The van der Waals surface area contributed by atoms with E-state index in [2.05, 4.69) is 19.9 Å². The first kappa shape index (κ1) is 56.3. The van der Waals surface area contributed by atoms with Crippen LogP contribution in [0.4, 0.5) is 87.8 Å². The van der Waals surface area contributed by atoms with Crippen LogP contribution in [0.2, 0.25) is 0 Å². The van der Waals surface area contributed by atoms with Crippen molar-refractivity contribution in [3.63, 3.8) is 0 Å². The molecule has 0 fully saturated rings. The molecule has 3 aromatic heterocycles. The van der Waals surface area contributed by atoms with E-state index in [9.17, 15) is 62.6 Å². The molecule has 1 radical (unpaired) electrons. The van der Waals surface area contributed by atoms with Crippen LogP contribution < -0.4 is 15.1 Å². The number of rotatable bonds is 5. The smallest absolute Gasteiger partial charge is 0.876 e. The van der Waals surface area contributed by atoms with Crippen molar-refractivity contribution >= 4 is 52.2 Å². The maximum atomic E-state index is 15.8. The molecule has 0 saturated heterocycles. The molecular formula is C49H15F20GdN4O2. The van der Waals surface area contributed by atoms with Crippen LogP contribution in [0.1, 0.15) is 36.6 Å². The standard InChI is InChI=1S/C44H8F20N4.C5H8O2.Gd/c45-25-21(26(46)34(54)41(61)33(25)53)17-9-1-2-10(65-9)18(22-27(47)35(55)42(62)36(56)28(22)48)12-5-6-14(67-12)20(24-31(51)39(59)44(64)40(60)32(24)52)16-8-7-15(68-16)19(13-4-3-11(17)66-13)23-29(49)37(57)43(63)38(58)30(23)50;1-4(6)3-5(2)7;/h1-8H;3,6H,1-2H3;/q-2;;+3/p-1/b;4-3+;. The Kier molecular flexibility index (Phi) is 15.5. The van der Waals surface area contributed by atoms with Gasteiger partial charge in [0.15, 0.2) is 98.9 Å². The number of halogens is 20. The molecule has 0 spiro atoms. The van der Waals surface area contributed by atoms with Gasteiger partial charge in [-0.25, -0.2) is 97.8 Å². The molecule has 9 rings (SSSR count). The van der Waals surface area contributed by atoms with Crippen LogP contribution in [0, 0.1) is 156 Å². The Hall–Kier alpha value is -7.39. The number of allylic oxidation sites excluding steroid dienone is 2. The van der Waals surface area contributed by atoms with E-state index in [1.54, 1.807) is 0 Å². The van der Waals surface area contributed by atoms with Gasteiger partial charge in [0.2, 0.25) is 23.3 Å². The second-order valence-electron chi connectivity index (χ2n) is 15.5. The van der Waals surface area contributed by atoms with Crippen LogP contribution in [0.15, 0.2) is 36.1 Å². The number of aromatic nitrogens is 4. The topological polar surface area (TPSA) is 94.1 Å². The first-order chi connectivity index (χ1) is 35.2. The fourth-order valence-electron chi connectivity index (χ4n) is 7.70. The van der Waals surface area contributed by atoms with Crippen molar-refractivity contribution in [1.29, 1.82) is 0 Å². The molecule has 0 N–H and O–H groups in total. The van der Waals surface area contributed by atoms with E-state index in [1.165, 1.54) is 13.8 Å². The second-order valence-corrected chi connectivity index (χ2v) is 15.5. The summed E-state index contributed by atoms with van der Waals surface area (Å²) in [6.07, 6.45) is 3.32. The Bertz CT molecular complexity index is 3390. The van der Waals surface area contributed by atoms with Crippen LogP contribution >= 0.6 is 0 Å². The summed E-state index contributed by atoms with van der Waals surface area (Å²) in [4.78, 5) is 25.5. The molecule has 6 nitrogen and oxygen atoms in total. The average molecular weight is 1230 g/mol. The number of benzene rings is 4. The molecule has 0 aliphatic carbocycles. The van der Waals surface area contributed by atoms with Crippen LogP contribution in [0.25, 0.3) is 90.9 Å². The van der Waals surface area contributed by atoms with Gasteiger partial charge in [-0.1, -0.05) is 31.2 Å². The fourth-order valence-corrected chi connectivity index (χ4v) is 7.70. The molecule has 391 valence electrons. The van der Waals surface area contributed by atoms with Gasteiger partial charge in [0.25, 0.3) is 0 Å². The Morgan fingerprint density at radius 3 is 0.658 bits per heavy atom. The molecule has 27 heteroatoms. The molecule has 0 atom stereocenters. The first-order valence-corrected chi connectivity index (χ1v) is 20.2. The van der Waals surface area contributed by atoms with Crippen LogP contribution in [-0.4, -0.2) is 15.8 Å². The van der Waals surface area contributed by atoms with Gasteiger partial charge in [0.1, 0.15) is 0 Å². The molecule has 2 aliphatic heterocycles. The summed E-state index contributed by atoms with van der Waals surface area (Å²) >= 11 is 0. The number of nitrogens with zero attached hydrogens (tertiary/aromatic N) is 4. The monoisotopic (exact) mass is 1230 g/mol. The van der Waals surface area contributed by atoms with E-state index in [-0.39, 0.29) is 51.5 Å². The minimum absolute atomic E-state index is 0. The Balaban J connectivity index is 0.000000983. The van der Waals surface area contributed by atoms with Gasteiger partial charge in [-0.15, -0.1) is 27.8 Å². The molecule has 4 aromatic carbocycles. The fraction of sp³-hybridized carbons (Fsp3) is 0.0408. The Morgan fingerprint density at radius 2 is 0.513 bits per heavy atom. The zero-order chi connectivity index (χ0) is 55.1. The zero-order valence-corrected chi connectivity index (χ0v) is 39.0. The summed E-state index contributed by atoms with van der Waals surface area (Å²) in [6, 6.07) is 2.26. The first-order valence-electron chi connectivity index (χ1n) is 20.2. The number of hydrogen-bond acceptors (Lipinski definition) is 4. The molecular weight excluding hydrogens is 1210 g/mol. The summed E-state index contributed by atoms with van der Waals surface area (Å²) in [7, 11) is 0. The summed E-state index contributed by atoms with van der Waals surface area (Å²) in [5.41, 5.74) is -21.6. The van der Waals surface area contributed by atoms with E-state index in [4.69, 9.17) is 0 Å². The van der Waals surface area contributed by atoms with Gasteiger partial charge in [0.05, 0.1) is 45.0 Å². The maximum absolute atomic E-state index is 15.8. The third-order valence-corrected chi connectivity index (χ3v) is 10.9. The van der Waals surface area contributed by atoms with E-state index in [1.807, 2.05) is 0 Å². The van der Waals surface area contributed by atoms with Gasteiger partial charge in [-0.2, -0.15) is 0 Å². The van der Waals surface area contributed by atoms with Crippen molar-refractivity contribution in [2.75, 3.05) is 0 Å². The van der Waals surface area contributed by atoms with Crippen molar-refractivity contribution in [3.05, 3.63) is 175 Å². The van der Waals surface area contributed by atoms with Crippen molar-refractivity contribution in [3.8, 4) is 44.5 Å². The second kappa shape index (κ2) is 21.0. The molecule has 8 bridgehead atoms. The average Bonchev–Trinajstić information content (AvgIpc) is 4.23. The van der Waals surface area contributed by atoms with E-state index in [0.29, 0.717) is 48.6 Å². The quantitative estimate of drug-likeness (QED) is 0.0560. The molecule has 5 heterocycles. The normalized spacial score (nSPS) is 12.1. The summed E-state index contributed by atoms with van der Waals surface area (Å²) in [6.45, 7) is 2.70. The van der Waals surface area contributed by atoms with Crippen molar-refractivity contribution < 1.29 is 138 Å². The van der Waals surface area contributed by atoms with E-state index in [0.717, 1.165) is 6.08 Å². The number of carbonyl (C=O) groups is 1. The number of ketones is 1. The minimum Gasteiger partial charge on any atom is -0.876 e. The molecule has 76 heavy (non-hydrogen) atoms. The van der Waals surface area contributed by atoms with Crippen molar-refractivity contribution in [2.45, 2.75) is 13.8 Å². The SMILES string of the molecule is CC(=O)/C=C(\C)[O-].Fc1c(F)c(F)c(-c2c3nc(c(-c4c(F)c(F)c(F)c(F)c4F)c4ccc([n-]4)c(-c4c(F)c(F)c(F)c(F)c4F)c4nc(c(-c5c(F)c(F)c(F)c(F)c5F)c5ccc2[n-]5)C=C4)C=C3)c(F)c1F.[Gd+3]. The minimum atomic E-state index is -2.73. The third kappa shape index (κ3) is 9.19. The van der Waals surface area contributed by atoms with Crippen LogP contribution in [0.5, 0.6) is 0 Å². The molecule has 0 amide bonds. The molecule has 2 aliphatic rings. The van der Waals surface area contributed by atoms with Crippen LogP contribution in [0.3, 0.4) is 0 Å². The number of fused-ring (bicyclic) bond motifs is 8. The Morgan fingerprint density at radius 1 is 0.342 bits per heavy atom. The molecule has 0 saturated carbocycles. The van der Waals surface area contributed by atoms with Gasteiger partial charge < -0.3 is 15.1 Å². The van der Waals surface area contributed by atoms with Gasteiger partial charge >= 0.3 is 39.9 Å². The zero-order valence-electron chi connectivity index (χ0n) is 36.7. The van der Waals surface area contributed by atoms with Gasteiger partial charge in [-0.05, 0) is 59.6 Å². The Labute approximate surface area is 441 Å². The third-order valence-electron chi connectivity index (χ3n) is 10.9. The van der Waals surface area contributed by atoms with E-state index >= 15 is 35.1 Å². The number of carbonyl (C=O) groups excluding carboxylic acids is 1. The summed E-state index contributed by atoms with van der Waals surface area (Å²) < 4.78 is 303. The summed E-state index contributed by atoms with van der Waals surface area (Å²) in [5, 5.41) is 9.98. The van der Waals surface area contributed by atoms with Crippen molar-refractivity contribution in [2.24, 2.45) is 0 Å². The predicted molar refractivity (Wildman–Crippen MR) is 222 cm³/mol. The van der Waals surface area contributed by atoms with Crippen molar-refractivity contribution in [1.82, 2.24) is 19.9 Å².